The van der Waals surface area contributed by atoms with Crippen LogP contribution >= 0.6 is 11.6 Å². The number of nitrogens with zero attached hydrogens (tertiary/aromatic N) is 1. The number of benzene rings is 2. The predicted molar refractivity (Wildman–Crippen MR) is 110 cm³/mol. The number of hydrogen-bond acceptors (Lipinski definition) is 3. The van der Waals surface area contributed by atoms with Crippen molar-refractivity contribution in [1.82, 2.24) is 10.2 Å². The number of carbonyl (C=O) groups excluding carboxylic acids is 2. The molecule has 2 amide bonds. The van der Waals surface area contributed by atoms with E-state index in [0.717, 1.165) is 5.56 Å². The third kappa shape index (κ3) is 6.38. The Labute approximate surface area is 165 Å². The molecule has 1 atom stereocenters. The van der Waals surface area contributed by atoms with Crippen molar-refractivity contribution in [3.63, 3.8) is 0 Å². The number of nitrogens with one attached hydrogen (secondary N) is 2. The van der Waals surface area contributed by atoms with Crippen LogP contribution in [0.25, 0.3) is 0 Å². The van der Waals surface area contributed by atoms with Crippen LogP contribution in [0.5, 0.6) is 0 Å². The quantitative estimate of drug-likeness (QED) is 0.761. The normalized spacial score (nSPS) is 11.9. The topological polar surface area (TPSA) is 61.4 Å². The zero-order chi connectivity index (χ0) is 20.0. The standard InChI is InChI=1S/C21H26ClN3O2/c1-14-9-10-17(11-15(14)2)16(3)23-20(26)12-25(4)13-21(27)24-19-8-6-5-7-18(19)22/h5-11,16H,12-13H2,1-4H3,(H,23,26)(H,24,27)/t16-/m0/s1. The molecule has 0 aliphatic carbocycles. The summed E-state index contributed by atoms with van der Waals surface area (Å²) in [5.41, 5.74) is 4.04. The molecule has 0 bridgehead atoms. The molecule has 0 saturated heterocycles. The maximum absolute atomic E-state index is 12.3. The van der Waals surface area contributed by atoms with Gasteiger partial charge in [-0.25, -0.2) is 0 Å². The van der Waals surface area contributed by atoms with Gasteiger partial charge in [0, 0.05) is 0 Å². The van der Waals surface area contributed by atoms with Gasteiger partial charge in [-0.05, 0) is 56.6 Å². The second-order valence-electron chi connectivity index (χ2n) is 6.83. The first-order valence-corrected chi connectivity index (χ1v) is 9.23. The van der Waals surface area contributed by atoms with E-state index in [0.29, 0.717) is 10.7 Å². The zero-order valence-corrected chi connectivity index (χ0v) is 16.9. The van der Waals surface area contributed by atoms with Crippen molar-refractivity contribution in [2.45, 2.75) is 26.8 Å². The van der Waals surface area contributed by atoms with Gasteiger partial charge in [0.05, 0.1) is 29.8 Å². The third-order valence-corrected chi connectivity index (χ3v) is 4.71. The summed E-state index contributed by atoms with van der Waals surface area (Å²) in [7, 11) is 1.73. The van der Waals surface area contributed by atoms with E-state index in [9.17, 15) is 9.59 Å². The van der Waals surface area contributed by atoms with Gasteiger partial charge in [-0.3, -0.25) is 14.5 Å². The number of para-hydroxylation sites is 1. The average molecular weight is 388 g/mol. The predicted octanol–water partition coefficient (Wildman–Crippen LogP) is 3.70. The van der Waals surface area contributed by atoms with Gasteiger partial charge in [0.2, 0.25) is 11.8 Å². The molecule has 144 valence electrons. The number of amides is 2. The smallest absolute Gasteiger partial charge is 0.238 e. The molecule has 0 heterocycles. The molecule has 0 aliphatic rings. The summed E-state index contributed by atoms with van der Waals surface area (Å²) in [6.07, 6.45) is 0. The van der Waals surface area contributed by atoms with Crippen LogP contribution in [-0.4, -0.2) is 36.9 Å². The minimum absolute atomic E-state index is 0.0939. The Morgan fingerprint density at radius 1 is 1.04 bits per heavy atom. The van der Waals surface area contributed by atoms with E-state index in [-0.39, 0.29) is 30.9 Å². The van der Waals surface area contributed by atoms with Crippen molar-refractivity contribution in [3.8, 4) is 0 Å². The van der Waals surface area contributed by atoms with Crippen LogP contribution in [0, 0.1) is 13.8 Å². The second-order valence-corrected chi connectivity index (χ2v) is 7.24. The highest BCUT2D eigenvalue weighted by Gasteiger charge is 2.14. The van der Waals surface area contributed by atoms with E-state index in [1.807, 2.05) is 13.0 Å². The number of carbonyl (C=O) groups is 2. The van der Waals surface area contributed by atoms with Crippen LogP contribution in [0.2, 0.25) is 5.02 Å². The van der Waals surface area contributed by atoms with Crippen molar-refractivity contribution in [2.75, 3.05) is 25.5 Å². The lowest BCUT2D eigenvalue weighted by atomic mass is 10.0. The number of hydrogen-bond donors (Lipinski definition) is 2. The summed E-state index contributed by atoms with van der Waals surface area (Å²) in [5, 5.41) is 6.20. The molecule has 0 spiro atoms. The molecule has 0 fully saturated rings. The highest BCUT2D eigenvalue weighted by molar-refractivity contribution is 6.33. The Morgan fingerprint density at radius 2 is 1.70 bits per heavy atom. The fraction of sp³-hybridized carbons (Fsp3) is 0.333. The largest absolute Gasteiger partial charge is 0.348 e. The molecule has 0 aliphatic heterocycles. The van der Waals surface area contributed by atoms with Crippen molar-refractivity contribution in [1.29, 1.82) is 0 Å². The van der Waals surface area contributed by atoms with E-state index >= 15 is 0 Å². The highest BCUT2D eigenvalue weighted by atomic mass is 35.5. The SMILES string of the molecule is Cc1ccc([C@H](C)NC(=O)CN(C)CC(=O)Nc2ccccc2Cl)cc1C. The molecule has 0 unspecified atom stereocenters. The number of rotatable bonds is 7. The van der Waals surface area contributed by atoms with E-state index in [4.69, 9.17) is 11.6 Å². The molecular formula is C21H26ClN3O2. The number of aryl methyl sites for hydroxylation is 2. The first kappa shape index (κ1) is 20.9. The minimum Gasteiger partial charge on any atom is -0.348 e. The molecule has 2 aromatic rings. The summed E-state index contributed by atoms with van der Waals surface area (Å²) >= 11 is 6.03. The Kier molecular flexibility index (Phi) is 7.39. The maximum atomic E-state index is 12.3. The molecule has 0 saturated carbocycles. The minimum atomic E-state index is -0.222. The lowest BCUT2D eigenvalue weighted by Crippen LogP contribution is -2.39. The van der Waals surface area contributed by atoms with Gasteiger partial charge in [0.25, 0.3) is 0 Å². The van der Waals surface area contributed by atoms with Gasteiger partial charge in [0.15, 0.2) is 0 Å². The van der Waals surface area contributed by atoms with Crippen LogP contribution in [0.3, 0.4) is 0 Å². The fourth-order valence-electron chi connectivity index (χ4n) is 2.70. The van der Waals surface area contributed by atoms with Crippen molar-refractivity contribution in [3.05, 3.63) is 64.2 Å². The molecule has 27 heavy (non-hydrogen) atoms. The molecule has 2 rings (SSSR count). The average Bonchev–Trinajstić information content (AvgIpc) is 2.58. The molecule has 5 nitrogen and oxygen atoms in total. The van der Waals surface area contributed by atoms with Crippen LogP contribution in [0.4, 0.5) is 5.69 Å². The van der Waals surface area contributed by atoms with Gasteiger partial charge in [-0.1, -0.05) is 41.9 Å². The summed E-state index contributed by atoms with van der Waals surface area (Å²) in [6.45, 7) is 6.29. The Balaban J connectivity index is 1.83. The fourth-order valence-corrected chi connectivity index (χ4v) is 2.89. The van der Waals surface area contributed by atoms with Gasteiger partial charge in [-0.2, -0.15) is 0 Å². The van der Waals surface area contributed by atoms with E-state index in [1.165, 1.54) is 11.1 Å². The van der Waals surface area contributed by atoms with E-state index < -0.39 is 0 Å². The van der Waals surface area contributed by atoms with Crippen molar-refractivity contribution < 1.29 is 9.59 Å². The Bertz CT molecular complexity index is 823. The van der Waals surface area contributed by atoms with Crippen LogP contribution in [0.1, 0.15) is 29.7 Å². The number of anilines is 1. The highest BCUT2D eigenvalue weighted by Crippen LogP contribution is 2.20. The maximum Gasteiger partial charge on any atom is 0.238 e. The van der Waals surface area contributed by atoms with Crippen LogP contribution in [0.15, 0.2) is 42.5 Å². The van der Waals surface area contributed by atoms with Gasteiger partial charge in [0.1, 0.15) is 0 Å². The van der Waals surface area contributed by atoms with Crippen LogP contribution in [-0.2, 0) is 9.59 Å². The van der Waals surface area contributed by atoms with E-state index in [2.05, 4.69) is 36.6 Å². The monoisotopic (exact) mass is 387 g/mol. The van der Waals surface area contributed by atoms with Gasteiger partial charge in [-0.15, -0.1) is 0 Å². The molecule has 2 N–H and O–H groups in total. The van der Waals surface area contributed by atoms with Gasteiger partial charge >= 0.3 is 0 Å². The third-order valence-electron chi connectivity index (χ3n) is 4.38. The van der Waals surface area contributed by atoms with E-state index in [1.54, 1.807) is 36.2 Å². The summed E-state index contributed by atoms with van der Waals surface area (Å²) in [4.78, 5) is 26.1. The molecule has 2 aromatic carbocycles. The second kappa shape index (κ2) is 9.53. The molecular weight excluding hydrogens is 362 g/mol. The lowest BCUT2D eigenvalue weighted by Gasteiger charge is -2.19. The number of halogens is 1. The lowest BCUT2D eigenvalue weighted by molar-refractivity contribution is -0.123. The number of likely N-dealkylation sites (N-methyl/N-ethyl adjacent to an activating group) is 1. The molecule has 0 radical (unpaired) electrons. The summed E-state index contributed by atoms with van der Waals surface area (Å²) in [6, 6.07) is 13.1. The first-order valence-electron chi connectivity index (χ1n) is 8.85. The molecule has 6 heteroatoms. The Hall–Kier alpha value is -2.37. The first-order chi connectivity index (χ1) is 12.8. The van der Waals surface area contributed by atoms with Crippen LogP contribution < -0.4 is 10.6 Å². The Morgan fingerprint density at radius 3 is 2.37 bits per heavy atom. The van der Waals surface area contributed by atoms with Crippen molar-refractivity contribution in [2.24, 2.45) is 0 Å². The zero-order valence-electron chi connectivity index (χ0n) is 16.2. The van der Waals surface area contributed by atoms with Gasteiger partial charge < -0.3 is 10.6 Å². The molecule has 0 aromatic heterocycles. The summed E-state index contributed by atoms with van der Waals surface area (Å²) in [5.74, 6) is -0.352. The van der Waals surface area contributed by atoms with Crippen molar-refractivity contribution >= 4 is 29.1 Å². The summed E-state index contributed by atoms with van der Waals surface area (Å²) < 4.78 is 0.